The van der Waals surface area contributed by atoms with Crippen LogP contribution in [0.25, 0.3) is 0 Å². The Kier molecular flexibility index (Phi) is 7.96. The van der Waals surface area contributed by atoms with Gasteiger partial charge in [0.2, 0.25) is 0 Å². The second kappa shape index (κ2) is 8.45. The average molecular weight is 214 g/mol. The van der Waals surface area contributed by atoms with Crippen molar-refractivity contribution in [1.82, 2.24) is 0 Å². The molecule has 0 spiro atoms. The van der Waals surface area contributed by atoms with Gasteiger partial charge in [0.05, 0.1) is 6.61 Å². The molecule has 0 aromatic heterocycles. The van der Waals surface area contributed by atoms with E-state index in [9.17, 15) is 9.59 Å². The Labute approximate surface area is 92.2 Å². The minimum atomic E-state index is -0.540. The lowest BCUT2D eigenvalue weighted by Gasteiger charge is -2.11. The standard InChI is InChI=1S/C12H22O3/c1-4-7-8-9-11(13)10(5-2)12(14)15-6-3/h10H,4-9H2,1-3H3. The van der Waals surface area contributed by atoms with Gasteiger partial charge < -0.3 is 4.74 Å². The van der Waals surface area contributed by atoms with Crippen molar-refractivity contribution in [3.63, 3.8) is 0 Å². The lowest BCUT2D eigenvalue weighted by atomic mass is 9.97. The van der Waals surface area contributed by atoms with Gasteiger partial charge >= 0.3 is 5.97 Å². The van der Waals surface area contributed by atoms with E-state index >= 15 is 0 Å². The SMILES string of the molecule is CCCCCC(=O)C(CC)C(=O)OCC. The summed E-state index contributed by atoms with van der Waals surface area (Å²) >= 11 is 0. The van der Waals surface area contributed by atoms with Crippen LogP contribution in [0.4, 0.5) is 0 Å². The lowest BCUT2D eigenvalue weighted by Crippen LogP contribution is -2.25. The fourth-order valence-electron chi connectivity index (χ4n) is 1.49. The molecule has 3 heteroatoms. The number of esters is 1. The molecule has 0 heterocycles. The first-order chi connectivity index (χ1) is 7.17. The zero-order chi connectivity index (χ0) is 11.7. The van der Waals surface area contributed by atoms with Gasteiger partial charge in [-0.2, -0.15) is 0 Å². The first-order valence-corrected chi connectivity index (χ1v) is 5.86. The van der Waals surface area contributed by atoms with E-state index in [0.29, 0.717) is 19.4 Å². The zero-order valence-corrected chi connectivity index (χ0v) is 10.0. The number of ketones is 1. The van der Waals surface area contributed by atoms with Crippen LogP contribution in [0.1, 0.15) is 52.9 Å². The lowest BCUT2D eigenvalue weighted by molar-refractivity contribution is -0.151. The van der Waals surface area contributed by atoms with E-state index < -0.39 is 5.92 Å². The molecule has 3 nitrogen and oxygen atoms in total. The van der Waals surface area contributed by atoms with Gasteiger partial charge in [-0.15, -0.1) is 0 Å². The maximum atomic E-state index is 11.7. The van der Waals surface area contributed by atoms with Crippen LogP contribution >= 0.6 is 0 Å². The summed E-state index contributed by atoms with van der Waals surface area (Å²) in [7, 11) is 0. The number of ether oxygens (including phenoxy) is 1. The van der Waals surface area contributed by atoms with E-state index in [4.69, 9.17) is 4.74 Å². The smallest absolute Gasteiger partial charge is 0.316 e. The molecule has 0 amide bonds. The third kappa shape index (κ3) is 5.55. The summed E-state index contributed by atoms with van der Waals surface area (Å²) in [4.78, 5) is 23.1. The van der Waals surface area contributed by atoms with Crippen LogP contribution in [0.3, 0.4) is 0 Å². The molecule has 0 saturated heterocycles. The number of unbranched alkanes of at least 4 members (excludes halogenated alkanes) is 2. The monoisotopic (exact) mass is 214 g/mol. The van der Waals surface area contributed by atoms with Gasteiger partial charge in [-0.1, -0.05) is 26.7 Å². The molecule has 0 bridgehead atoms. The van der Waals surface area contributed by atoms with E-state index in [1.54, 1.807) is 6.92 Å². The quantitative estimate of drug-likeness (QED) is 0.354. The highest BCUT2D eigenvalue weighted by Gasteiger charge is 2.24. The van der Waals surface area contributed by atoms with Gasteiger partial charge in [0.1, 0.15) is 11.7 Å². The fourth-order valence-corrected chi connectivity index (χ4v) is 1.49. The molecule has 0 aliphatic carbocycles. The van der Waals surface area contributed by atoms with E-state index in [0.717, 1.165) is 19.3 Å². The summed E-state index contributed by atoms with van der Waals surface area (Å²) in [6.45, 7) is 6.04. The molecule has 88 valence electrons. The summed E-state index contributed by atoms with van der Waals surface area (Å²) in [5.74, 6) is -0.868. The van der Waals surface area contributed by atoms with E-state index in [1.807, 2.05) is 6.92 Å². The zero-order valence-electron chi connectivity index (χ0n) is 10.0. The Balaban J connectivity index is 4.03. The Morgan fingerprint density at radius 3 is 2.27 bits per heavy atom. The fraction of sp³-hybridized carbons (Fsp3) is 0.833. The maximum Gasteiger partial charge on any atom is 0.316 e. The third-order valence-corrected chi connectivity index (χ3v) is 2.39. The summed E-state index contributed by atoms with van der Waals surface area (Å²) in [5.41, 5.74) is 0. The molecule has 0 aliphatic rings. The Morgan fingerprint density at radius 1 is 1.13 bits per heavy atom. The first kappa shape index (κ1) is 14.1. The molecule has 15 heavy (non-hydrogen) atoms. The normalized spacial score (nSPS) is 12.2. The van der Waals surface area contributed by atoms with Crippen LogP contribution in [-0.4, -0.2) is 18.4 Å². The van der Waals surface area contributed by atoms with Crippen LogP contribution < -0.4 is 0 Å². The van der Waals surface area contributed by atoms with Crippen molar-refractivity contribution in [2.75, 3.05) is 6.61 Å². The Bertz CT molecular complexity index is 199. The largest absolute Gasteiger partial charge is 0.465 e. The van der Waals surface area contributed by atoms with Gasteiger partial charge in [0.15, 0.2) is 0 Å². The second-order valence-electron chi connectivity index (χ2n) is 3.64. The second-order valence-corrected chi connectivity index (χ2v) is 3.64. The number of carbonyl (C=O) groups excluding carboxylic acids is 2. The number of Topliss-reactive ketones (excluding diaryl/α,β-unsaturated/α-hetero) is 1. The molecular weight excluding hydrogens is 192 g/mol. The van der Waals surface area contributed by atoms with Gasteiger partial charge in [0.25, 0.3) is 0 Å². The summed E-state index contributed by atoms with van der Waals surface area (Å²) in [6, 6.07) is 0. The predicted molar refractivity (Wildman–Crippen MR) is 59.6 cm³/mol. The molecular formula is C12H22O3. The van der Waals surface area contributed by atoms with Crippen LogP contribution in [0, 0.1) is 5.92 Å². The van der Waals surface area contributed by atoms with Crippen molar-refractivity contribution in [3.8, 4) is 0 Å². The topological polar surface area (TPSA) is 43.4 Å². The first-order valence-electron chi connectivity index (χ1n) is 5.86. The van der Waals surface area contributed by atoms with Crippen molar-refractivity contribution in [3.05, 3.63) is 0 Å². The highest BCUT2D eigenvalue weighted by Crippen LogP contribution is 2.12. The van der Waals surface area contributed by atoms with Crippen molar-refractivity contribution in [1.29, 1.82) is 0 Å². The van der Waals surface area contributed by atoms with Crippen molar-refractivity contribution in [2.45, 2.75) is 52.9 Å². The molecule has 0 aromatic carbocycles. The Hall–Kier alpha value is -0.860. The molecule has 0 radical (unpaired) electrons. The summed E-state index contributed by atoms with van der Waals surface area (Å²) in [6.07, 6.45) is 4.06. The minimum absolute atomic E-state index is 0.0319. The summed E-state index contributed by atoms with van der Waals surface area (Å²) < 4.78 is 4.86. The van der Waals surface area contributed by atoms with Gasteiger partial charge in [-0.3, -0.25) is 9.59 Å². The van der Waals surface area contributed by atoms with Crippen LogP contribution in [0.15, 0.2) is 0 Å². The number of carbonyl (C=O) groups is 2. The molecule has 0 N–H and O–H groups in total. The molecule has 0 rings (SSSR count). The third-order valence-electron chi connectivity index (χ3n) is 2.39. The van der Waals surface area contributed by atoms with Gasteiger partial charge in [-0.25, -0.2) is 0 Å². The minimum Gasteiger partial charge on any atom is -0.465 e. The molecule has 1 atom stereocenters. The van der Waals surface area contributed by atoms with Crippen LogP contribution in [-0.2, 0) is 14.3 Å². The molecule has 0 aliphatic heterocycles. The van der Waals surface area contributed by atoms with Crippen molar-refractivity contribution in [2.24, 2.45) is 5.92 Å². The predicted octanol–water partition coefficient (Wildman–Crippen LogP) is 2.73. The van der Waals surface area contributed by atoms with Crippen molar-refractivity contribution >= 4 is 11.8 Å². The average Bonchev–Trinajstić information content (AvgIpc) is 2.19. The number of hydrogen-bond acceptors (Lipinski definition) is 3. The highest BCUT2D eigenvalue weighted by atomic mass is 16.5. The molecule has 0 saturated carbocycles. The maximum absolute atomic E-state index is 11.7. The van der Waals surface area contributed by atoms with Gasteiger partial charge in [0, 0.05) is 6.42 Å². The van der Waals surface area contributed by atoms with E-state index in [1.165, 1.54) is 0 Å². The molecule has 0 fully saturated rings. The molecule has 0 aromatic rings. The highest BCUT2D eigenvalue weighted by molar-refractivity contribution is 5.98. The van der Waals surface area contributed by atoms with E-state index in [-0.39, 0.29) is 11.8 Å². The number of hydrogen-bond donors (Lipinski definition) is 0. The summed E-state index contributed by atoms with van der Waals surface area (Å²) in [5, 5.41) is 0. The Morgan fingerprint density at radius 2 is 1.80 bits per heavy atom. The van der Waals surface area contributed by atoms with Crippen LogP contribution in [0.2, 0.25) is 0 Å². The molecule has 1 unspecified atom stereocenters. The van der Waals surface area contributed by atoms with Crippen molar-refractivity contribution < 1.29 is 14.3 Å². The van der Waals surface area contributed by atoms with Gasteiger partial charge in [-0.05, 0) is 19.8 Å². The van der Waals surface area contributed by atoms with E-state index in [2.05, 4.69) is 6.92 Å². The van der Waals surface area contributed by atoms with Crippen LogP contribution in [0.5, 0.6) is 0 Å². The number of rotatable bonds is 8.